The van der Waals surface area contributed by atoms with Crippen molar-refractivity contribution in [1.82, 2.24) is 9.46 Å². The van der Waals surface area contributed by atoms with Crippen LogP contribution in [-0.4, -0.2) is 37.8 Å². The molecule has 0 atom stereocenters. The number of nitrogens with zero attached hydrogens (tertiary/aromatic N) is 2. The number of carbonyl (C=O) groups excluding carboxylic acids is 1. The van der Waals surface area contributed by atoms with Gasteiger partial charge in [0.1, 0.15) is 5.76 Å². The Kier molecular flexibility index (Phi) is 4.82. The molecule has 0 radical (unpaired) electrons. The minimum Gasteiger partial charge on any atom is -0.361 e. The molecule has 2 rings (SSSR count). The number of carbonyl (C=O) groups is 1. The molecule has 0 fully saturated rings. The third-order valence-electron chi connectivity index (χ3n) is 3.41. The number of aromatic nitrogens is 1. The van der Waals surface area contributed by atoms with Crippen molar-refractivity contribution in [2.45, 2.75) is 18.7 Å². The Morgan fingerprint density at radius 3 is 2.26 bits per heavy atom. The Hall–Kier alpha value is -2.25. The summed E-state index contributed by atoms with van der Waals surface area (Å²) in [7, 11) is -0.577. The van der Waals surface area contributed by atoms with Gasteiger partial charge in [0, 0.05) is 25.2 Å². The Morgan fingerprint density at radius 1 is 1.17 bits per heavy atom. The lowest BCUT2D eigenvalue weighted by Crippen LogP contribution is -2.22. The molecule has 7 heteroatoms. The zero-order valence-electron chi connectivity index (χ0n) is 13.4. The predicted octanol–water partition coefficient (Wildman–Crippen LogP) is 2.44. The van der Waals surface area contributed by atoms with Crippen LogP contribution in [-0.2, 0) is 10.0 Å². The maximum atomic E-state index is 12.2. The molecule has 0 saturated heterocycles. The molecule has 0 unspecified atom stereocenters. The fraction of sp³-hybridized carbons (Fsp3) is 0.250. The molecule has 0 aliphatic rings. The molecular formula is C16H18N2O4S. The van der Waals surface area contributed by atoms with E-state index in [1.807, 2.05) is 0 Å². The lowest BCUT2D eigenvalue weighted by atomic mass is 10.1. The predicted molar refractivity (Wildman–Crippen MR) is 86.7 cm³/mol. The van der Waals surface area contributed by atoms with Crippen molar-refractivity contribution in [2.24, 2.45) is 0 Å². The summed E-state index contributed by atoms with van der Waals surface area (Å²) in [6.07, 6.45) is 3.07. The molecule has 1 aromatic carbocycles. The molecule has 0 bridgehead atoms. The van der Waals surface area contributed by atoms with Crippen molar-refractivity contribution in [2.75, 3.05) is 14.1 Å². The van der Waals surface area contributed by atoms with E-state index in [-0.39, 0.29) is 10.7 Å². The summed E-state index contributed by atoms with van der Waals surface area (Å²) in [5, 5.41) is 3.81. The second-order valence-corrected chi connectivity index (χ2v) is 7.40. The van der Waals surface area contributed by atoms with Gasteiger partial charge in [0.15, 0.2) is 5.78 Å². The number of benzene rings is 1. The summed E-state index contributed by atoms with van der Waals surface area (Å²) in [5.74, 6) is 0.415. The van der Waals surface area contributed by atoms with Crippen molar-refractivity contribution in [3.63, 3.8) is 0 Å². The van der Waals surface area contributed by atoms with E-state index in [0.717, 1.165) is 9.87 Å². The molecule has 1 heterocycles. The van der Waals surface area contributed by atoms with E-state index in [2.05, 4.69) is 5.16 Å². The normalized spacial score (nSPS) is 12.2. The number of hydrogen-bond acceptors (Lipinski definition) is 5. The van der Waals surface area contributed by atoms with E-state index in [4.69, 9.17) is 4.52 Å². The number of sulfonamides is 1. The van der Waals surface area contributed by atoms with Gasteiger partial charge in [-0.2, -0.15) is 0 Å². The van der Waals surface area contributed by atoms with Crippen LogP contribution in [0.5, 0.6) is 0 Å². The first-order valence-corrected chi connectivity index (χ1v) is 8.35. The molecule has 122 valence electrons. The molecule has 0 aliphatic carbocycles. The molecule has 0 spiro atoms. The molecule has 0 N–H and O–H groups in total. The SMILES string of the molecule is Cc1noc(C)c1C=CC(=O)c1ccc(S(=O)(=O)N(C)C)cc1. The van der Waals surface area contributed by atoms with Gasteiger partial charge in [0.2, 0.25) is 10.0 Å². The summed E-state index contributed by atoms with van der Waals surface area (Å²) in [5.41, 5.74) is 1.88. The topological polar surface area (TPSA) is 80.5 Å². The Balaban J connectivity index is 2.22. The number of ketones is 1. The van der Waals surface area contributed by atoms with Crippen LogP contribution < -0.4 is 0 Å². The largest absolute Gasteiger partial charge is 0.361 e. The maximum absolute atomic E-state index is 12.2. The fourth-order valence-corrected chi connectivity index (χ4v) is 2.89. The molecular weight excluding hydrogens is 316 g/mol. The first-order chi connectivity index (χ1) is 10.7. The van der Waals surface area contributed by atoms with E-state index in [1.165, 1.54) is 44.4 Å². The number of rotatable bonds is 5. The summed E-state index contributed by atoms with van der Waals surface area (Å²) in [4.78, 5) is 12.3. The van der Waals surface area contributed by atoms with Crippen molar-refractivity contribution < 1.29 is 17.7 Å². The van der Waals surface area contributed by atoms with Gasteiger partial charge in [-0.05, 0) is 50.3 Å². The second-order valence-electron chi connectivity index (χ2n) is 5.25. The van der Waals surface area contributed by atoms with Gasteiger partial charge in [0.05, 0.1) is 10.6 Å². The van der Waals surface area contributed by atoms with Crippen LogP contribution in [0.4, 0.5) is 0 Å². The zero-order valence-corrected chi connectivity index (χ0v) is 14.2. The summed E-state index contributed by atoms with van der Waals surface area (Å²) >= 11 is 0. The van der Waals surface area contributed by atoms with Crippen molar-refractivity contribution in [3.05, 3.63) is 52.9 Å². The number of hydrogen-bond donors (Lipinski definition) is 0. The molecule has 1 aromatic heterocycles. The molecule has 6 nitrogen and oxygen atoms in total. The van der Waals surface area contributed by atoms with Crippen molar-refractivity contribution >= 4 is 21.9 Å². The van der Waals surface area contributed by atoms with Gasteiger partial charge in [-0.25, -0.2) is 12.7 Å². The van der Waals surface area contributed by atoms with Crippen molar-refractivity contribution in [1.29, 1.82) is 0 Å². The maximum Gasteiger partial charge on any atom is 0.242 e. The minimum atomic E-state index is -3.49. The van der Waals surface area contributed by atoms with E-state index in [0.29, 0.717) is 17.0 Å². The van der Waals surface area contributed by atoms with Gasteiger partial charge in [-0.1, -0.05) is 5.16 Å². The second kappa shape index (κ2) is 6.47. The Bertz CT molecular complexity index is 827. The average Bonchev–Trinajstić information content (AvgIpc) is 2.83. The summed E-state index contributed by atoms with van der Waals surface area (Å²) in [6, 6.07) is 5.84. The number of aryl methyl sites for hydroxylation is 2. The highest BCUT2D eigenvalue weighted by atomic mass is 32.2. The lowest BCUT2D eigenvalue weighted by molar-refractivity contribution is 0.104. The first kappa shape index (κ1) is 17.1. The van der Waals surface area contributed by atoms with Crippen LogP contribution >= 0.6 is 0 Å². The zero-order chi connectivity index (χ0) is 17.2. The van der Waals surface area contributed by atoms with Gasteiger partial charge >= 0.3 is 0 Å². The van der Waals surface area contributed by atoms with Crippen LogP contribution in [0.3, 0.4) is 0 Å². The Labute approximate surface area is 135 Å². The van der Waals surface area contributed by atoms with Crippen LogP contribution in [0, 0.1) is 13.8 Å². The molecule has 2 aromatic rings. The van der Waals surface area contributed by atoms with E-state index in [9.17, 15) is 13.2 Å². The smallest absolute Gasteiger partial charge is 0.242 e. The lowest BCUT2D eigenvalue weighted by Gasteiger charge is -2.11. The third kappa shape index (κ3) is 3.57. The standard InChI is InChI=1S/C16H18N2O4S/c1-11-15(12(2)22-17-11)9-10-16(19)13-5-7-14(8-6-13)23(20,21)18(3)4/h5-10H,1-4H3. The van der Waals surface area contributed by atoms with Gasteiger partial charge in [0.25, 0.3) is 0 Å². The van der Waals surface area contributed by atoms with Gasteiger partial charge in [-0.15, -0.1) is 0 Å². The van der Waals surface area contributed by atoms with Crippen LogP contribution in [0.1, 0.15) is 27.4 Å². The van der Waals surface area contributed by atoms with Crippen molar-refractivity contribution in [3.8, 4) is 0 Å². The van der Waals surface area contributed by atoms with Gasteiger partial charge in [-0.3, -0.25) is 4.79 Å². The summed E-state index contributed by atoms with van der Waals surface area (Å²) < 4.78 is 30.1. The third-order valence-corrected chi connectivity index (χ3v) is 5.24. The van der Waals surface area contributed by atoms with E-state index >= 15 is 0 Å². The van der Waals surface area contributed by atoms with Crippen LogP contribution in [0.2, 0.25) is 0 Å². The highest BCUT2D eigenvalue weighted by Crippen LogP contribution is 2.17. The summed E-state index contributed by atoms with van der Waals surface area (Å²) in [6.45, 7) is 3.56. The fourth-order valence-electron chi connectivity index (χ4n) is 1.99. The Morgan fingerprint density at radius 2 is 1.78 bits per heavy atom. The van der Waals surface area contributed by atoms with Gasteiger partial charge < -0.3 is 4.52 Å². The average molecular weight is 334 g/mol. The molecule has 23 heavy (non-hydrogen) atoms. The van der Waals surface area contributed by atoms with E-state index < -0.39 is 10.0 Å². The van der Waals surface area contributed by atoms with Crippen LogP contribution in [0.25, 0.3) is 6.08 Å². The number of allylic oxidation sites excluding steroid dienone is 1. The highest BCUT2D eigenvalue weighted by Gasteiger charge is 2.17. The minimum absolute atomic E-state index is 0.147. The van der Waals surface area contributed by atoms with E-state index in [1.54, 1.807) is 19.9 Å². The first-order valence-electron chi connectivity index (χ1n) is 6.91. The molecule has 0 aliphatic heterocycles. The monoisotopic (exact) mass is 334 g/mol. The molecule has 0 saturated carbocycles. The molecule has 0 amide bonds. The highest BCUT2D eigenvalue weighted by molar-refractivity contribution is 7.89. The quantitative estimate of drug-likeness (QED) is 0.620. The van der Waals surface area contributed by atoms with Crippen LogP contribution in [0.15, 0.2) is 39.8 Å².